The van der Waals surface area contributed by atoms with Gasteiger partial charge in [0, 0.05) is 0 Å². The summed E-state index contributed by atoms with van der Waals surface area (Å²) in [5, 5.41) is 0. The first-order valence-corrected chi connectivity index (χ1v) is 3.02. The van der Waals surface area contributed by atoms with E-state index < -0.39 is 0 Å². The van der Waals surface area contributed by atoms with Crippen molar-refractivity contribution >= 4 is 6.47 Å². The SMILES string of the molecule is CCC1(COC=O)CO1. The highest BCUT2D eigenvalue weighted by Crippen LogP contribution is 2.30. The average Bonchev–Trinajstić information content (AvgIpc) is 2.65. The summed E-state index contributed by atoms with van der Waals surface area (Å²) < 4.78 is 9.61. The molecule has 0 aromatic rings. The van der Waals surface area contributed by atoms with Crippen molar-refractivity contribution in [2.45, 2.75) is 18.9 Å². The summed E-state index contributed by atoms with van der Waals surface area (Å²) in [5.41, 5.74) is -0.110. The smallest absolute Gasteiger partial charge is 0.293 e. The lowest BCUT2D eigenvalue weighted by molar-refractivity contribution is -0.130. The Morgan fingerprint density at radius 1 is 1.89 bits per heavy atom. The summed E-state index contributed by atoms with van der Waals surface area (Å²) in [6, 6.07) is 0. The largest absolute Gasteiger partial charge is 0.465 e. The normalized spacial score (nSPS) is 31.7. The molecule has 0 aromatic carbocycles. The summed E-state index contributed by atoms with van der Waals surface area (Å²) in [7, 11) is 0. The van der Waals surface area contributed by atoms with Gasteiger partial charge in [-0.1, -0.05) is 6.92 Å². The van der Waals surface area contributed by atoms with E-state index in [1.807, 2.05) is 6.92 Å². The van der Waals surface area contributed by atoms with E-state index in [1.54, 1.807) is 0 Å². The molecule has 1 aliphatic rings. The first-order chi connectivity index (χ1) is 4.33. The number of ether oxygens (including phenoxy) is 2. The molecule has 3 heteroatoms. The second-order valence-corrected chi connectivity index (χ2v) is 2.23. The topological polar surface area (TPSA) is 38.8 Å². The van der Waals surface area contributed by atoms with Crippen molar-refractivity contribution in [1.29, 1.82) is 0 Å². The minimum atomic E-state index is -0.110. The maximum atomic E-state index is 9.72. The first-order valence-electron chi connectivity index (χ1n) is 3.02. The second kappa shape index (κ2) is 2.35. The number of carbonyl (C=O) groups excluding carboxylic acids is 1. The van der Waals surface area contributed by atoms with Gasteiger partial charge in [0.2, 0.25) is 0 Å². The summed E-state index contributed by atoms with van der Waals surface area (Å²) in [4.78, 5) is 9.72. The molecule has 1 unspecified atom stereocenters. The van der Waals surface area contributed by atoms with Crippen LogP contribution in [0.5, 0.6) is 0 Å². The Kier molecular flexibility index (Phi) is 1.71. The third-order valence-electron chi connectivity index (χ3n) is 1.61. The van der Waals surface area contributed by atoms with Crippen molar-refractivity contribution in [3.8, 4) is 0 Å². The molecule has 1 atom stereocenters. The molecule has 0 saturated carbocycles. The van der Waals surface area contributed by atoms with Gasteiger partial charge in [-0.25, -0.2) is 0 Å². The van der Waals surface area contributed by atoms with Crippen LogP contribution < -0.4 is 0 Å². The zero-order valence-corrected chi connectivity index (χ0v) is 5.42. The lowest BCUT2D eigenvalue weighted by Gasteiger charge is -2.04. The molecule has 1 aliphatic heterocycles. The Bertz CT molecular complexity index is 107. The fourth-order valence-electron chi connectivity index (χ4n) is 0.677. The number of hydrogen-bond donors (Lipinski definition) is 0. The van der Waals surface area contributed by atoms with Crippen molar-refractivity contribution in [3.05, 3.63) is 0 Å². The molecule has 0 bridgehead atoms. The molecule has 1 heterocycles. The Hall–Kier alpha value is -0.570. The average molecular weight is 130 g/mol. The zero-order chi connectivity index (χ0) is 6.74. The van der Waals surface area contributed by atoms with Gasteiger partial charge in [-0.2, -0.15) is 0 Å². The number of carbonyl (C=O) groups is 1. The van der Waals surface area contributed by atoms with Gasteiger partial charge < -0.3 is 9.47 Å². The second-order valence-electron chi connectivity index (χ2n) is 2.23. The number of rotatable bonds is 4. The van der Waals surface area contributed by atoms with Gasteiger partial charge >= 0.3 is 0 Å². The van der Waals surface area contributed by atoms with Crippen molar-refractivity contribution < 1.29 is 14.3 Å². The van der Waals surface area contributed by atoms with Gasteiger partial charge in [-0.15, -0.1) is 0 Å². The highest BCUT2D eigenvalue weighted by molar-refractivity contribution is 5.37. The molecule has 1 rings (SSSR count). The molecule has 9 heavy (non-hydrogen) atoms. The zero-order valence-electron chi connectivity index (χ0n) is 5.42. The van der Waals surface area contributed by atoms with Gasteiger partial charge in [-0.05, 0) is 6.42 Å². The molecule has 0 amide bonds. The highest BCUT2D eigenvalue weighted by Gasteiger charge is 2.43. The molecule has 0 radical (unpaired) electrons. The van der Waals surface area contributed by atoms with Crippen LogP contribution in [0.3, 0.4) is 0 Å². The van der Waals surface area contributed by atoms with E-state index in [0.717, 1.165) is 13.0 Å². The standard InChI is InChI=1S/C6H10O3/c1-2-6(4-9-6)3-8-5-7/h5H,2-4H2,1H3. The van der Waals surface area contributed by atoms with Crippen LogP contribution in [0.4, 0.5) is 0 Å². The van der Waals surface area contributed by atoms with E-state index in [0.29, 0.717) is 13.1 Å². The third kappa shape index (κ3) is 1.42. The molecule has 0 aliphatic carbocycles. The Balaban J connectivity index is 2.17. The summed E-state index contributed by atoms with van der Waals surface area (Å²) in [5.74, 6) is 0. The van der Waals surface area contributed by atoms with Gasteiger partial charge in [0.05, 0.1) is 6.61 Å². The lowest BCUT2D eigenvalue weighted by Crippen LogP contribution is -2.17. The quantitative estimate of drug-likeness (QED) is 0.407. The van der Waals surface area contributed by atoms with E-state index in [9.17, 15) is 4.79 Å². The van der Waals surface area contributed by atoms with E-state index in [4.69, 9.17) is 4.74 Å². The number of hydrogen-bond acceptors (Lipinski definition) is 3. The van der Waals surface area contributed by atoms with Gasteiger partial charge in [0.25, 0.3) is 6.47 Å². The Morgan fingerprint density at radius 2 is 2.56 bits per heavy atom. The third-order valence-corrected chi connectivity index (χ3v) is 1.61. The highest BCUT2D eigenvalue weighted by atomic mass is 16.6. The minimum Gasteiger partial charge on any atom is -0.465 e. The lowest BCUT2D eigenvalue weighted by atomic mass is 10.1. The van der Waals surface area contributed by atoms with E-state index in [1.165, 1.54) is 0 Å². The maximum Gasteiger partial charge on any atom is 0.293 e. The van der Waals surface area contributed by atoms with Crippen LogP contribution in [0.25, 0.3) is 0 Å². The molecule has 1 saturated heterocycles. The molecule has 0 spiro atoms. The first kappa shape index (κ1) is 6.55. The van der Waals surface area contributed by atoms with Crippen LogP contribution in [-0.2, 0) is 14.3 Å². The van der Waals surface area contributed by atoms with Crippen LogP contribution in [0.15, 0.2) is 0 Å². The van der Waals surface area contributed by atoms with Crippen LogP contribution in [-0.4, -0.2) is 25.3 Å². The number of epoxide rings is 1. The fraction of sp³-hybridized carbons (Fsp3) is 0.833. The predicted octanol–water partition coefficient (Wildman–Crippen LogP) is 0.338. The van der Waals surface area contributed by atoms with Crippen LogP contribution in [0, 0.1) is 0 Å². The molecule has 52 valence electrons. The van der Waals surface area contributed by atoms with Gasteiger partial charge in [0.1, 0.15) is 12.2 Å². The summed E-state index contributed by atoms with van der Waals surface area (Å²) >= 11 is 0. The van der Waals surface area contributed by atoms with Crippen molar-refractivity contribution in [2.75, 3.05) is 13.2 Å². The molecular formula is C6H10O3. The fourth-order valence-corrected chi connectivity index (χ4v) is 0.677. The summed E-state index contributed by atoms with van der Waals surface area (Å²) in [6.07, 6.45) is 0.918. The van der Waals surface area contributed by atoms with E-state index in [-0.39, 0.29) is 5.60 Å². The molecule has 1 fully saturated rings. The predicted molar refractivity (Wildman–Crippen MR) is 31.0 cm³/mol. The van der Waals surface area contributed by atoms with Crippen molar-refractivity contribution in [1.82, 2.24) is 0 Å². The monoisotopic (exact) mass is 130 g/mol. The van der Waals surface area contributed by atoms with Gasteiger partial charge in [-0.3, -0.25) is 4.79 Å². The van der Waals surface area contributed by atoms with Crippen LogP contribution in [0.2, 0.25) is 0 Å². The maximum absolute atomic E-state index is 9.72. The van der Waals surface area contributed by atoms with E-state index in [2.05, 4.69) is 4.74 Å². The molecule has 0 N–H and O–H groups in total. The molecule has 0 aromatic heterocycles. The minimum absolute atomic E-state index is 0.110. The molecular weight excluding hydrogens is 120 g/mol. The Labute approximate surface area is 53.9 Å². The van der Waals surface area contributed by atoms with Crippen LogP contribution in [0.1, 0.15) is 13.3 Å². The van der Waals surface area contributed by atoms with Crippen molar-refractivity contribution in [2.24, 2.45) is 0 Å². The van der Waals surface area contributed by atoms with Crippen LogP contribution >= 0.6 is 0 Å². The molecule has 3 nitrogen and oxygen atoms in total. The Morgan fingerprint density at radius 3 is 2.89 bits per heavy atom. The van der Waals surface area contributed by atoms with Gasteiger partial charge in [0.15, 0.2) is 0 Å². The van der Waals surface area contributed by atoms with E-state index >= 15 is 0 Å². The summed E-state index contributed by atoms with van der Waals surface area (Å²) in [6.45, 7) is 3.62. The van der Waals surface area contributed by atoms with Crippen molar-refractivity contribution in [3.63, 3.8) is 0 Å².